The number of hydrogen-bond donors (Lipinski definition) is 2. The summed E-state index contributed by atoms with van der Waals surface area (Å²) in [7, 11) is 0. The van der Waals surface area contributed by atoms with Gasteiger partial charge in [-0.25, -0.2) is 0 Å². The minimum Gasteiger partial charge on any atom is -0.393 e. The topological polar surface area (TPSA) is 92.5 Å². The standard InChI is InChI=1S/C12H13BrN2O4/c13-10-2-1-8(5-11(10)15(18)19)12(17)14-6-7-3-9(16)4-7/h1-2,5,7,9,16H,3-4,6H2,(H,14,17). The number of carbonyl (C=O) groups excluding carboxylic acids is 1. The third-order valence-electron chi connectivity index (χ3n) is 3.17. The lowest BCUT2D eigenvalue weighted by atomic mass is 9.82. The van der Waals surface area contributed by atoms with Crippen LogP contribution in [-0.4, -0.2) is 28.6 Å². The number of aliphatic hydroxyl groups is 1. The Labute approximate surface area is 118 Å². The summed E-state index contributed by atoms with van der Waals surface area (Å²) >= 11 is 3.07. The Bertz CT molecular complexity index is 514. The van der Waals surface area contributed by atoms with Gasteiger partial charge in [-0.3, -0.25) is 14.9 Å². The van der Waals surface area contributed by atoms with Crippen LogP contribution in [0.15, 0.2) is 22.7 Å². The number of hydrogen-bond acceptors (Lipinski definition) is 4. The Hall–Kier alpha value is -1.47. The maximum absolute atomic E-state index is 11.8. The second-order valence-corrected chi connectivity index (χ2v) is 5.48. The molecule has 2 rings (SSSR count). The highest BCUT2D eigenvalue weighted by Gasteiger charge is 2.27. The van der Waals surface area contributed by atoms with Crippen LogP contribution in [0.5, 0.6) is 0 Å². The van der Waals surface area contributed by atoms with Crippen LogP contribution >= 0.6 is 15.9 Å². The fraction of sp³-hybridized carbons (Fsp3) is 0.417. The van der Waals surface area contributed by atoms with Crippen LogP contribution in [0.4, 0.5) is 5.69 Å². The molecule has 0 unspecified atom stereocenters. The van der Waals surface area contributed by atoms with Gasteiger partial charge < -0.3 is 10.4 Å². The third kappa shape index (κ3) is 3.30. The second kappa shape index (κ2) is 5.66. The summed E-state index contributed by atoms with van der Waals surface area (Å²) in [6.07, 6.45) is 1.14. The molecular formula is C12H13BrN2O4. The number of nitrogens with one attached hydrogen (secondary N) is 1. The number of rotatable bonds is 4. The molecule has 1 saturated carbocycles. The molecule has 1 amide bonds. The van der Waals surface area contributed by atoms with E-state index in [0.717, 1.165) is 0 Å². The Morgan fingerprint density at radius 2 is 2.21 bits per heavy atom. The second-order valence-electron chi connectivity index (χ2n) is 4.62. The van der Waals surface area contributed by atoms with Crippen molar-refractivity contribution < 1.29 is 14.8 Å². The molecule has 0 heterocycles. The highest BCUT2D eigenvalue weighted by Crippen LogP contribution is 2.27. The van der Waals surface area contributed by atoms with Crippen molar-refractivity contribution in [2.75, 3.05) is 6.54 Å². The minimum atomic E-state index is -0.539. The molecule has 0 saturated heterocycles. The smallest absolute Gasteiger partial charge is 0.284 e. The number of amides is 1. The molecule has 1 aliphatic carbocycles. The summed E-state index contributed by atoms with van der Waals surface area (Å²) in [6.45, 7) is 0.486. The SMILES string of the molecule is O=C(NCC1CC(O)C1)c1ccc(Br)c([N+](=O)[O-])c1. The third-order valence-corrected chi connectivity index (χ3v) is 3.84. The van der Waals surface area contributed by atoms with E-state index in [-0.39, 0.29) is 23.3 Å². The molecule has 6 nitrogen and oxygen atoms in total. The first-order chi connectivity index (χ1) is 8.97. The lowest BCUT2D eigenvalue weighted by Crippen LogP contribution is -2.38. The largest absolute Gasteiger partial charge is 0.393 e. The molecule has 0 spiro atoms. The molecule has 0 bridgehead atoms. The summed E-state index contributed by atoms with van der Waals surface area (Å²) < 4.78 is 0.344. The molecule has 1 aromatic rings. The van der Waals surface area contributed by atoms with E-state index < -0.39 is 4.92 Å². The van der Waals surface area contributed by atoms with Gasteiger partial charge in [-0.1, -0.05) is 0 Å². The summed E-state index contributed by atoms with van der Waals surface area (Å²) in [5.41, 5.74) is 0.126. The number of halogens is 1. The monoisotopic (exact) mass is 328 g/mol. The number of nitrogens with zero attached hydrogens (tertiary/aromatic N) is 1. The minimum absolute atomic E-state index is 0.133. The van der Waals surface area contributed by atoms with E-state index in [1.54, 1.807) is 0 Å². The maximum Gasteiger partial charge on any atom is 0.284 e. The van der Waals surface area contributed by atoms with E-state index in [0.29, 0.717) is 29.8 Å². The van der Waals surface area contributed by atoms with Gasteiger partial charge in [-0.05, 0) is 46.8 Å². The average molecular weight is 329 g/mol. The molecule has 2 N–H and O–H groups in total. The summed E-state index contributed by atoms with van der Waals surface area (Å²) in [5, 5.41) is 22.6. The number of nitro groups is 1. The lowest BCUT2D eigenvalue weighted by molar-refractivity contribution is -0.385. The van der Waals surface area contributed by atoms with Gasteiger partial charge in [0.25, 0.3) is 11.6 Å². The van der Waals surface area contributed by atoms with Gasteiger partial charge in [0.2, 0.25) is 0 Å². The van der Waals surface area contributed by atoms with E-state index >= 15 is 0 Å². The number of nitro benzene ring substituents is 1. The van der Waals surface area contributed by atoms with Crippen LogP contribution in [0.1, 0.15) is 23.2 Å². The lowest BCUT2D eigenvalue weighted by Gasteiger charge is -2.31. The Morgan fingerprint density at radius 1 is 1.53 bits per heavy atom. The van der Waals surface area contributed by atoms with E-state index in [2.05, 4.69) is 21.2 Å². The Morgan fingerprint density at radius 3 is 2.79 bits per heavy atom. The molecule has 7 heteroatoms. The summed E-state index contributed by atoms with van der Waals surface area (Å²) in [4.78, 5) is 22.1. The zero-order valence-corrected chi connectivity index (χ0v) is 11.6. The highest BCUT2D eigenvalue weighted by molar-refractivity contribution is 9.10. The molecule has 0 atom stereocenters. The van der Waals surface area contributed by atoms with Crippen molar-refractivity contribution in [3.05, 3.63) is 38.3 Å². The van der Waals surface area contributed by atoms with Crippen molar-refractivity contribution in [3.63, 3.8) is 0 Å². The van der Waals surface area contributed by atoms with E-state index in [4.69, 9.17) is 5.11 Å². The van der Waals surface area contributed by atoms with Gasteiger partial charge in [0, 0.05) is 18.2 Å². The molecule has 1 fully saturated rings. The summed E-state index contributed by atoms with van der Waals surface area (Å²) in [6, 6.07) is 4.26. The van der Waals surface area contributed by atoms with Crippen LogP contribution in [0.25, 0.3) is 0 Å². The van der Waals surface area contributed by atoms with Gasteiger partial charge in [-0.15, -0.1) is 0 Å². The molecule has 0 aromatic heterocycles. The zero-order valence-electron chi connectivity index (χ0n) is 10.0. The highest BCUT2D eigenvalue weighted by atomic mass is 79.9. The molecule has 0 aliphatic heterocycles. The van der Waals surface area contributed by atoms with Gasteiger partial charge in [0.05, 0.1) is 15.5 Å². The Kier molecular flexibility index (Phi) is 4.16. The number of carbonyl (C=O) groups is 1. The van der Waals surface area contributed by atoms with Gasteiger partial charge in [0.1, 0.15) is 0 Å². The predicted octanol–water partition coefficient (Wildman–Crippen LogP) is 1.86. The van der Waals surface area contributed by atoms with Crippen molar-refractivity contribution in [2.24, 2.45) is 5.92 Å². The Balaban J connectivity index is 1.99. The zero-order chi connectivity index (χ0) is 14.0. The van der Waals surface area contributed by atoms with Crippen LogP contribution in [0, 0.1) is 16.0 Å². The van der Waals surface area contributed by atoms with E-state index in [1.165, 1.54) is 18.2 Å². The maximum atomic E-state index is 11.8. The molecule has 102 valence electrons. The molecular weight excluding hydrogens is 316 g/mol. The van der Waals surface area contributed by atoms with Crippen LogP contribution in [0.3, 0.4) is 0 Å². The number of aliphatic hydroxyl groups excluding tert-OH is 1. The van der Waals surface area contributed by atoms with Gasteiger partial charge in [0.15, 0.2) is 0 Å². The first-order valence-corrected chi connectivity index (χ1v) is 6.67. The normalized spacial score (nSPS) is 21.6. The van der Waals surface area contributed by atoms with Crippen molar-refractivity contribution >= 4 is 27.5 Å². The van der Waals surface area contributed by atoms with Crippen molar-refractivity contribution in [3.8, 4) is 0 Å². The number of benzene rings is 1. The summed E-state index contributed by atoms with van der Waals surface area (Å²) in [5.74, 6) is -0.0404. The van der Waals surface area contributed by atoms with Crippen molar-refractivity contribution in [1.29, 1.82) is 0 Å². The molecule has 19 heavy (non-hydrogen) atoms. The first kappa shape index (κ1) is 14.0. The van der Waals surface area contributed by atoms with E-state index in [9.17, 15) is 14.9 Å². The van der Waals surface area contributed by atoms with Crippen LogP contribution in [-0.2, 0) is 0 Å². The van der Waals surface area contributed by atoms with Crippen LogP contribution in [0.2, 0.25) is 0 Å². The molecule has 1 aliphatic rings. The van der Waals surface area contributed by atoms with Gasteiger partial charge >= 0.3 is 0 Å². The quantitative estimate of drug-likeness (QED) is 0.651. The van der Waals surface area contributed by atoms with Crippen LogP contribution < -0.4 is 5.32 Å². The fourth-order valence-electron chi connectivity index (χ4n) is 2.00. The van der Waals surface area contributed by atoms with Gasteiger partial charge in [-0.2, -0.15) is 0 Å². The fourth-order valence-corrected chi connectivity index (χ4v) is 2.39. The van der Waals surface area contributed by atoms with Crippen molar-refractivity contribution in [2.45, 2.75) is 18.9 Å². The first-order valence-electron chi connectivity index (χ1n) is 5.87. The van der Waals surface area contributed by atoms with Crippen molar-refractivity contribution in [1.82, 2.24) is 5.32 Å². The molecule has 0 radical (unpaired) electrons. The average Bonchev–Trinajstić information content (AvgIpc) is 2.33. The molecule has 1 aromatic carbocycles. The van der Waals surface area contributed by atoms with E-state index in [1.807, 2.05) is 0 Å². The predicted molar refractivity (Wildman–Crippen MR) is 71.9 cm³/mol.